The summed E-state index contributed by atoms with van der Waals surface area (Å²) in [6, 6.07) is 10.3. The van der Waals surface area contributed by atoms with Gasteiger partial charge in [0.1, 0.15) is 0 Å². The number of ether oxygens (including phenoxy) is 1. The van der Waals surface area contributed by atoms with Gasteiger partial charge in [-0.25, -0.2) is 0 Å². The Labute approximate surface area is 121 Å². The molecule has 1 atom stereocenters. The molecule has 0 radical (unpaired) electrons. The van der Waals surface area contributed by atoms with E-state index in [1.165, 1.54) is 5.56 Å². The van der Waals surface area contributed by atoms with Gasteiger partial charge in [0.05, 0.1) is 12.7 Å². The van der Waals surface area contributed by atoms with Gasteiger partial charge in [-0.1, -0.05) is 30.3 Å². The number of rotatable bonds is 6. The molecule has 1 aromatic rings. The Balaban J connectivity index is 1.58. The third-order valence-electron chi connectivity index (χ3n) is 3.58. The lowest BCUT2D eigenvalue weighted by molar-refractivity contribution is -0.122. The third-order valence-corrected chi connectivity index (χ3v) is 3.58. The molecule has 0 spiro atoms. The molecule has 4 nitrogen and oxygen atoms in total. The van der Waals surface area contributed by atoms with Crippen molar-refractivity contribution >= 4 is 5.91 Å². The monoisotopic (exact) mass is 276 g/mol. The quantitative estimate of drug-likeness (QED) is 0.855. The fourth-order valence-electron chi connectivity index (χ4n) is 2.40. The van der Waals surface area contributed by atoms with Crippen LogP contribution in [0.3, 0.4) is 0 Å². The maximum atomic E-state index is 11.8. The minimum Gasteiger partial charge on any atom is -0.374 e. The standard InChI is InChI=1S/C16H24N2O2/c1-18-10-11-20-15(13-18)12-17-16(19)9-5-8-14-6-3-2-4-7-14/h2-4,6-7,15H,5,8-13H2,1H3,(H,17,19)/t15-/m1/s1. The predicted molar refractivity (Wildman–Crippen MR) is 79.6 cm³/mol. The van der Waals surface area contributed by atoms with Crippen molar-refractivity contribution in [2.45, 2.75) is 25.4 Å². The number of amides is 1. The maximum absolute atomic E-state index is 11.8. The molecule has 0 bridgehead atoms. The van der Waals surface area contributed by atoms with Gasteiger partial charge in [-0.3, -0.25) is 4.79 Å². The molecule has 1 amide bonds. The van der Waals surface area contributed by atoms with Crippen LogP contribution in [0.25, 0.3) is 0 Å². The van der Waals surface area contributed by atoms with Gasteiger partial charge in [-0.2, -0.15) is 0 Å². The summed E-state index contributed by atoms with van der Waals surface area (Å²) in [5.41, 5.74) is 1.29. The fraction of sp³-hybridized carbons (Fsp3) is 0.562. The zero-order valence-electron chi connectivity index (χ0n) is 12.2. The van der Waals surface area contributed by atoms with E-state index in [2.05, 4.69) is 29.4 Å². The molecular weight excluding hydrogens is 252 g/mol. The molecule has 0 unspecified atom stereocenters. The van der Waals surface area contributed by atoms with Crippen molar-refractivity contribution in [1.82, 2.24) is 10.2 Å². The van der Waals surface area contributed by atoms with E-state index in [4.69, 9.17) is 4.74 Å². The second kappa shape index (κ2) is 8.02. The zero-order chi connectivity index (χ0) is 14.2. The first-order valence-electron chi connectivity index (χ1n) is 7.35. The van der Waals surface area contributed by atoms with Gasteiger partial charge < -0.3 is 15.0 Å². The average molecular weight is 276 g/mol. The van der Waals surface area contributed by atoms with Crippen LogP contribution in [0.4, 0.5) is 0 Å². The fourth-order valence-corrected chi connectivity index (χ4v) is 2.40. The highest BCUT2D eigenvalue weighted by Crippen LogP contribution is 2.05. The maximum Gasteiger partial charge on any atom is 0.220 e. The Morgan fingerprint density at radius 2 is 2.20 bits per heavy atom. The number of hydrogen-bond acceptors (Lipinski definition) is 3. The van der Waals surface area contributed by atoms with E-state index in [0.717, 1.165) is 32.5 Å². The summed E-state index contributed by atoms with van der Waals surface area (Å²) in [6.07, 6.45) is 2.56. The SMILES string of the molecule is CN1CCO[C@H](CNC(=O)CCCc2ccccc2)C1. The number of aryl methyl sites for hydroxylation is 1. The number of hydrogen-bond donors (Lipinski definition) is 1. The van der Waals surface area contributed by atoms with Gasteiger partial charge >= 0.3 is 0 Å². The van der Waals surface area contributed by atoms with E-state index >= 15 is 0 Å². The van der Waals surface area contributed by atoms with Gasteiger partial charge in [0, 0.05) is 26.1 Å². The van der Waals surface area contributed by atoms with Crippen LogP contribution in [0.5, 0.6) is 0 Å². The summed E-state index contributed by atoms with van der Waals surface area (Å²) in [5, 5.41) is 2.97. The summed E-state index contributed by atoms with van der Waals surface area (Å²) in [5.74, 6) is 0.123. The first kappa shape index (κ1) is 15.0. The number of morpholine rings is 1. The van der Waals surface area contributed by atoms with Crippen LogP contribution in [-0.4, -0.2) is 50.2 Å². The van der Waals surface area contributed by atoms with Gasteiger partial charge in [0.15, 0.2) is 0 Å². The van der Waals surface area contributed by atoms with Crippen molar-refractivity contribution in [3.05, 3.63) is 35.9 Å². The first-order valence-corrected chi connectivity index (χ1v) is 7.35. The highest BCUT2D eigenvalue weighted by atomic mass is 16.5. The van der Waals surface area contributed by atoms with E-state index in [1.807, 2.05) is 18.2 Å². The lowest BCUT2D eigenvalue weighted by Crippen LogP contribution is -2.45. The third kappa shape index (κ3) is 5.31. The van der Waals surface area contributed by atoms with Crippen molar-refractivity contribution in [2.24, 2.45) is 0 Å². The Bertz CT molecular complexity index is 408. The first-order chi connectivity index (χ1) is 9.74. The Hall–Kier alpha value is -1.39. The van der Waals surface area contributed by atoms with E-state index in [9.17, 15) is 4.79 Å². The molecule has 0 aliphatic carbocycles. The smallest absolute Gasteiger partial charge is 0.220 e. The summed E-state index contributed by atoms with van der Waals surface area (Å²) in [7, 11) is 2.08. The van der Waals surface area contributed by atoms with Crippen molar-refractivity contribution < 1.29 is 9.53 Å². The predicted octanol–water partition coefficient (Wildman–Crippen LogP) is 1.46. The normalized spacial score (nSPS) is 19.8. The van der Waals surface area contributed by atoms with E-state index in [-0.39, 0.29) is 12.0 Å². The van der Waals surface area contributed by atoms with Gasteiger partial charge in [-0.05, 0) is 25.5 Å². The molecule has 1 aliphatic heterocycles. The summed E-state index contributed by atoms with van der Waals surface area (Å²) in [6.45, 7) is 3.24. The minimum absolute atomic E-state index is 0.123. The van der Waals surface area contributed by atoms with Crippen molar-refractivity contribution in [3.63, 3.8) is 0 Å². The Morgan fingerprint density at radius 3 is 2.95 bits per heavy atom. The second-order valence-electron chi connectivity index (χ2n) is 5.40. The summed E-state index contributed by atoms with van der Waals surface area (Å²) in [4.78, 5) is 14.0. The van der Waals surface area contributed by atoms with Crippen molar-refractivity contribution in [1.29, 1.82) is 0 Å². The lowest BCUT2D eigenvalue weighted by Gasteiger charge is -2.30. The van der Waals surface area contributed by atoms with Crippen LogP contribution >= 0.6 is 0 Å². The van der Waals surface area contributed by atoms with Crippen molar-refractivity contribution in [2.75, 3.05) is 33.3 Å². The van der Waals surface area contributed by atoms with Crippen LogP contribution < -0.4 is 5.32 Å². The molecule has 20 heavy (non-hydrogen) atoms. The average Bonchev–Trinajstić information content (AvgIpc) is 2.46. The molecule has 1 fully saturated rings. The Kier molecular flexibility index (Phi) is 6.02. The highest BCUT2D eigenvalue weighted by Gasteiger charge is 2.17. The number of carbonyl (C=O) groups is 1. The van der Waals surface area contributed by atoms with Gasteiger partial charge in [0.2, 0.25) is 5.91 Å². The van der Waals surface area contributed by atoms with Crippen LogP contribution in [-0.2, 0) is 16.0 Å². The summed E-state index contributed by atoms with van der Waals surface area (Å²) >= 11 is 0. The van der Waals surface area contributed by atoms with Gasteiger partial charge in [0.25, 0.3) is 0 Å². The minimum atomic E-state index is 0.123. The van der Waals surface area contributed by atoms with E-state index < -0.39 is 0 Å². The van der Waals surface area contributed by atoms with E-state index in [0.29, 0.717) is 13.0 Å². The highest BCUT2D eigenvalue weighted by molar-refractivity contribution is 5.75. The summed E-state index contributed by atoms with van der Waals surface area (Å²) < 4.78 is 5.62. The van der Waals surface area contributed by atoms with Crippen LogP contribution in [0.2, 0.25) is 0 Å². The van der Waals surface area contributed by atoms with Crippen LogP contribution in [0.15, 0.2) is 30.3 Å². The molecule has 110 valence electrons. The zero-order valence-corrected chi connectivity index (χ0v) is 12.2. The molecule has 1 aliphatic rings. The van der Waals surface area contributed by atoms with Gasteiger partial charge in [-0.15, -0.1) is 0 Å². The second-order valence-corrected chi connectivity index (χ2v) is 5.40. The molecule has 0 aromatic heterocycles. The van der Waals surface area contributed by atoms with E-state index in [1.54, 1.807) is 0 Å². The lowest BCUT2D eigenvalue weighted by atomic mass is 10.1. The molecule has 1 N–H and O–H groups in total. The molecule has 0 saturated carbocycles. The Morgan fingerprint density at radius 1 is 1.40 bits per heavy atom. The number of nitrogens with one attached hydrogen (secondary N) is 1. The molecular formula is C16H24N2O2. The molecule has 1 heterocycles. The number of likely N-dealkylation sites (N-methyl/N-ethyl adjacent to an activating group) is 1. The molecule has 1 aromatic carbocycles. The number of carbonyl (C=O) groups excluding carboxylic acids is 1. The number of benzene rings is 1. The van der Waals surface area contributed by atoms with Crippen LogP contribution in [0, 0.1) is 0 Å². The van der Waals surface area contributed by atoms with Crippen molar-refractivity contribution in [3.8, 4) is 0 Å². The topological polar surface area (TPSA) is 41.6 Å². The van der Waals surface area contributed by atoms with Crippen LogP contribution in [0.1, 0.15) is 18.4 Å². The molecule has 2 rings (SSSR count). The molecule has 4 heteroatoms. The number of nitrogens with zero attached hydrogens (tertiary/aromatic N) is 1. The largest absolute Gasteiger partial charge is 0.374 e. The molecule has 1 saturated heterocycles.